The molecule has 1 aromatic carbocycles. The largest absolute Gasteiger partial charge is 0.449 e. The summed E-state index contributed by atoms with van der Waals surface area (Å²) < 4.78 is 45.9. The first-order valence-electron chi connectivity index (χ1n) is 12.7. The first kappa shape index (κ1) is 27.7. The normalized spacial score (nSPS) is 17.8. The van der Waals surface area contributed by atoms with E-state index in [4.69, 9.17) is 4.74 Å². The van der Waals surface area contributed by atoms with E-state index in [1.807, 2.05) is 12.1 Å². The summed E-state index contributed by atoms with van der Waals surface area (Å²) in [5.41, 5.74) is 1.08. The molecule has 208 valence electrons. The highest BCUT2D eigenvalue weighted by atomic mass is 19.4. The number of carbonyl (C=O) groups excluding carboxylic acids is 1. The highest BCUT2D eigenvalue weighted by Gasteiger charge is 2.35. The zero-order valence-corrected chi connectivity index (χ0v) is 21.6. The number of nitrogens with zero attached hydrogens (tertiary/aromatic N) is 5. The number of hydrogen-bond acceptors (Lipinski definition) is 9. The standard InChI is InChI=1S/C25H34F3N7O3/c1-17(36)19-15-18(34-12-10-33(2)11-13-34)5-6-21(19)31-23-30-16-20(25(26,27)28)22(32-23)29-7-3-8-35-9-4-14-38-24(35)37/h5-6,15-17,36H,3-4,7-14H2,1-2H3,(H2,29,30,31,32). The summed E-state index contributed by atoms with van der Waals surface area (Å²) in [6, 6.07) is 5.57. The second kappa shape index (κ2) is 12.0. The van der Waals surface area contributed by atoms with Gasteiger partial charge < -0.3 is 35.2 Å². The number of cyclic esters (lactones) is 1. The van der Waals surface area contributed by atoms with E-state index in [0.717, 1.165) is 44.5 Å². The summed E-state index contributed by atoms with van der Waals surface area (Å²) in [7, 11) is 2.07. The Morgan fingerprint density at radius 1 is 1.18 bits per heavy atom. The Balaban J connectivity index is 1.48. The maximum atomic E-state index is 13.6. The number of hydrogen-bond donors (Lipinski definition) is 3. The molecule has 13 heteroatoms. The number of carbonyl (C=O) groups is 1. The molecule has 0 saturated carbocycles. The van der Waals surface area contributed by atoms with Crippen LogP contribution in [0.1, 0.15) is 37.0 Å². The Kier molecular flexibility index (Phi) is 8.77. The van der Waals surface area contributed by atoms with Crippen LogP contribution in [0, 0.1) is 0 Å². The molecule has 2 aliphatic rings. The highest BCUT2D eigenvalue weighted by Crippen LogP contribution is 2.35. The van der Waals surface area contributed by atoms with Crippen molar-refractivity contribution in [3.05, 3.63) is 35.5 Å². The molecule has 1 amide bonds. The van der Waals surface area contributed by atoms with Gasteiger partial charge in [0, 0.05) is 68.9 Å². The van der Waals surface area contributed by atoms with Crippen molar-refractivity contribution in [3.63, 3.8) is 0 Å². The average Bonchev–Trinajstić information content (AvgIpc) is 2.87. The van der Waals surface area contributed by atoms with Crippen molar-refractivity contribution in [2.24, 2.45) is 0 Å². The lowest BCUT2D eigenvalue weighted by Crippen LogP contribution is -2.44. The van der Waals surface area contributed by atoms with Gasteiger partial charge in [-0.3, -0.25) is 0 Å². The Morgan fingerprint density at radius 2 is 1.95 bits per heavy atom. The van der Waals surface area contributed by atoms with Crippen LogP contribution >= 0.6 is 0 Å². The topological polar surface area (TPSA) is 106 Å². The van der Waals surface area contributed by atoms with Crippen molar-refractivity contribution < 1.29 is 27.8 Å². The number of anilines is 4. The average molecular weight is 538 g/mol. The van der Waals surface area contributed by atoms with Crippen LogP contribution in [0.2, 0.25) is 0 Å². The number of alkyl halides is 3. The van der Waals surface area contributed by atoms with Crippen LogP contribution in [0.15, 0.2) is 24.4 Å². The summed E-state index contributed by atoms with van der Waals surface area (Å²) in [6.45, 7) is 6.69. The molecule has 0 bridgehead atoms. The number of aliphatic hydroxyl groups excluding tert-OH is 1. The number of piperazine rings is 1. The molecule has 3 heterocycles. The number of halogens is 3. The van der Waals surface area contributed by atoms with Gasteiger partial charge in [0.25, 0.3) is 0 Å². The van der Waals surface area contributed by atoms with E-state index in [-0.39, 0.29) is 18.3 Å². The molecule has 2 fully saturated rings. The molecule has 0 aliphatic carbocycles. The number of rotatable bonds is 9. The van der Waals surface area contributed by atoms with Crippen LogP contribution in [0.3, 0.4) is 0 Å². The van der Waals surface area contributed by atoms with Crippen molar-refractivity contribution >= 4 is 29.2 Å². The zero-order valence-electron chi connectivity index (χ0n) is 21.6. The minimum atomic E-state index is -4.65. The van der Waals surface area contributed by atoms with E-state index < -0.39 is 23.9 Å². The molecule has 1 atom stereocenters. The molecule has 2 aliphatic heterocycles. The van der Waals surface area contributed by atoms with Gasteiger partial charge in [-0.25, -0.2) is 9.78 Å². The molecule has 0 radical (unpaired) electrons. The van der Waals surface area contributed by atoms with Crippen molar-refractivity contribution in [1.29, 1.82) is 0 Å². The molecule has 1 aromatic heterocycles. The molecule has 4 rings (SSSR count). The van der Waals surface area contributed by atoms with Crippen LogP contribution < -0.4 is 15.5 Å². The van der Waals surface area contributed by atoms with Crippen molar-refractivity contribution in [2.45, 2.75) is 32.0 Å². The lowest BCUT2D eigenvalue weighted by Gasteiger charge is -2.34. The van der Waals surface area contributed by atoms with Crippen molar-refractivity contribution in [1.82, 2.24) is 19.8 Å². The number of amides is 1. The van der Waals surface area contributed by atoms with Crippen molar-refractivity contribution in [2.75, 3.05) is 75.0 Å². The van der Waals surface area contributed by atoms with Gasteiger partial charge in [0.1, 0.15) is 11.4 Å². The highest BCUT2D eigenvalue weighted by molar-refractivity contribution is 5.68. The summed E-state index contributed by atoms with van der Waals surface area (Å²) in [4.78, 5) is 25.7. The van der Waals surface area contributed by atoms with Gasteiger partial charge in [-0.2, -0.15) is 18.2 Å². The van der Waals surface area contributed by atoms with Crippen LogP contribution in [0.4, 0.5) is 41.1 Å². The lowest BCUT2D eigenvalue weighted by atomic mass is 10.1. The minimum Gasteiger partial charge on any atom is -0.449 e. The Morgan fingerprint density at radius 3 is 2.63 bits per heavy atom. The third-order valence-electron chi connectivity index (χ3n) is 6.65. The molecule has 2 aromatic rings. The summed E-state index contributed by atoms with van der Waals surface area (Å²) in [5.74, 6) is -0.391. The number of aromatic nitrogens is 2. The predicted octanol–water partition coefficient (Wildman–Crippen LogP) is 3.69. The zero-order chi connectivity index (χ0) is 27.3. The van der Waals surface area contributed by atoms with E-state index >= 15 is 0 Å². The molecular formula is C25H34F3N7O3. The fourth-order valence-corrected chi connectivity index (χ4v) is 4.45. The molecule has 0 spiro atoms. The summed E-state index contributed by atoms with van der Waals surface area (Å²) in [5, 5.41) is 16.1. The quantitative estimate of drug-likeness (QED) is 0.413. The van der Waals surface area contributed by atoms with Gasteiger partial charge in [-0.1, -0.05) is 0 Å². The van der Waals surface area contributed by atoms with Gasteiger partial charge in [0.05, 0.1) is 12.7 Å². The number of aliphatic hydroxyl groups is 1. The van der Waals surface area contributed by atoms with Crippen LogP contribution in [-0.2, 0) is 10.9 Å². The number of likely N-dealkylation sites (N-methyl/N-ethyl adjacent to an activating group) is 1. The lowest BCUT2D eigenvalue weighted by molar-refractivity contribution is -0.137. The van der Waals surface area contributed by atoms with E-state index in [9.17, 15) is 23.1 Å². The SMILES string of the molecule is CC(O)c1cc(N2CCN(C)CC2)ccc1Nc1ncc(C(F)(F)F)c(NCCCN2CCCOC2=O)n1. The summed E-state index contributed by atoms with van der Waals surface area (Å²) >= 11 is 0. The second-order valence-electron chi connectivity index (χ2n) is 9.55. The maximum Gasteiger partial charge on any atom is 0.421 e. The number of nitrogens with one attached hydrogen (secondary N) is 2. The van der Waals surface area contributed by atoms with Crippen LogP contribution in [-0.4, -0.2) is 90.4 Å². The Labute approximate surface area is 219 Å². The first-order chi connectivity index (χ1) is 18.1. The Hall–Kier alpha value is -3.32. The van der Waals surface area contributed by atoms with E-state index in [1.54, 1.807) is 13.0 Å². The second-order valence-corrected chi connectivity index (χ2v) is 9.55. The van der Waals surface area contributed by atoms with Gasteiger partial charge in [0.2, 0.25) is 5.95 Å². The van der Waals surface area contributed by atoms with Crippen molar-refractivity contribution in [3.8, 4) is 0 Å². The monoisotopic (exact) mass is 537 g/mol. The van der Waals surface area contributed by atoms with E-state index in [1.165, 1.54) is 4.90 Å². The predicted molar refractivity (Wildman–Crippen MR) is 138 cm³/mol. The minimum absolute atomic E-state index is 0.0330. The fraction of sp³-hybridized carbons (Fsp3) is 0.560. The van der Waals surface area contributed by atoms with Crippen LogP contribution in [0.25, 0.3) is 0 Å². The fourth-order valence-electron chi connectivity index (χ4n) is 4.45. The van der Waals surface area contributed by atoms with Gasteiger partial charge in [-0.15, -0.1) is 0 Å². The number of benzene rings is 1. The van der Waals surface area contributed by atoms with Gasteiger partial charge in [-0.05, 0) is 45.0 Å². The molecule has 1 unspecified atom stereocenters. The molecule has 3 N–H and O–H groups in total. The molecule has 2 saturated heterocycles. The third kappa shape index (κ3) is 6.95. The summed E-state index contributed by atoms with van der Waals surface area (Å²) in [6.07, 6.45) is -4.00. The molecular weight excluding hydrogens is 503 g/mol. The van der Waals surface area contributed by atoms with Gasteiger partial charge in [0.15, 0.2) is 0 Å². The van der Waals surface area contributed by atoms with Gasteiger partial charge >= 0.3 is 12.3 Å². The molecule has 38 heavy (non-hydrogen) atoms. The number of ether oxygens (including phenoxy) is 1. The van der Waals surface area contributed by atoms with Crippen LogP contribution in [0.5, 0.6) is 0 Å². The first-order valence-corrected chi connectivity index (χ1v) is 12.7. The smallest absolute Gasteiger partial charge is 0.421 e. The molecule has 10 nitrogen and oxygen atoms in total. The van der Waals surface area contributed by atoms with E-state index in [0.29, 0.717) is 37.4 Å². The van der Waals surface area contributed by atoms with E-state index in [2.05, 4.69) is 37.4 Å². The maximum absolute atomic E-state index is 13.6. The Bertz CT molecular complexity index is 1110. The third-order valence-corrected chi connectivity index (χ3v) is 6.65.